The number of hydrogen-bond acceptors (Lipinski definition) is 3. The lowest BCUT2D eigenvalue weighted by Gasteiger charge is -2.39. The van der Waals surface area contributed by atoms with Crippen LogP contribution in [0, 0.1) is 0 Å². The van der Waals surface area contributed by atoms with Crippen molar-refractivity contribution in [1.29, 1.82) is 0 Å². The Kier molecular flexibility index (Phi) is 9.01. The maximum absolute atomic E-state index is 12.0. The van der Waals surface area contributed by atoms with Crippen LogP contribution in [0.4, 0.5) is 0 Å². The van der Waals surface area contributed by atoms with Gasteiger partial charge in [0.25, 0.3) is 0 Å². The lowest BCUT2D eigenvalue weighted by Crippen LogP contribution is -2.51. The van der Waals surface area contributed by atoms with Gasteiger partial charge in [0.15, 0.2) is 5.96 Å². The number of nitrogens with zero attached hydrogens (tertiary/aromatic N) is 2. The first-order valence-electron chi connectivity index (χ1n) is 9.99. The van der Waals surface area contributed by atoms with Gasteiger partial charge < -0.3 is 20.3 Å². The van der Waals surface area contributed by atoms with Crippen LogP contribution in [0.1, 0.15) is 44.1 Å². The molecule has 0 aromatic heterocycles. The number of nitrogens with one attached hydrogen (secondary N) is 2. The summed E-state index contributed by atoms with van der Waals surface area (Å²) in [5.41, 5.74) is 1.21. The molecule has 28 heavy (non-hydrogen) atoms. The number of halogens is 1. The Hall–Kier alpha value is -1.35. The minimum atomic E-state index is 0. The number of guanidine groups is 1. The van der Waals surface area contributed by atoms with Crippen LogP contribution in [0.25, 0.3) is 0 Å². The van der Waals surface area contributed by atoms with E-state index in [-0.39, 0.29) is 42.0 Å². The van der Waals surface area contributed by atoms with Gasteiger partial charge in [-0.2, -0.15) is 0 Å². The summed E-state index contributed by atoms with van der Waals surface area (Å²) in [6.07, 6.45) is 6.83. The fourth-order valence-corrected chi connectivity index (χ4v) is 3.94. The number of hydrogen-bond donors (Lipinski definition) is 2. The zero-order chi connectivity index (χ0) is 19.1. The second kappa shape index (κ2) is 11.0. The molecule has 1 saturated heterocycles. The van der Waals surface area contributed by atoms with Crippen LogP contribution in [0.5, 0.6) is 0 Å². The highest BCUT2D eigenvalue weighted by atomic mass is 127. The molecule has 0 radical (unpaired) electrons. The van der Waals surface area contributed by atoms with Crippen LogP contribution >= 0.6 is 24.0 Å². The standard InChI is InChI=1S/C21H32N4O2.HI/c1-25(2)19(26)16-23-20(22-15-17-8-4-3-5-9-17)24-18-10-13-27-21(14-18)11-6-7-12-21;/h3-5,8-9,18H,6-7,10-16H2,1-2H3,(H2,22,23,24);1H. The average Bonchev–Trinajstić information content (AvgIpc) is 3.11. The summed E-state index contributed by atoms with van der Waals surface area (Å²) >= 11 is 0. The van der Waals surface area contributed by atoms with Crippen molar-refractivity contribution in [2.75, 3.05) is 27.2 Å². The predicted octanol–water partition coefficient (Wildman–Crippen LogP) is 2.92. The molecule has 1 unspecified atom stereocenters. The minimum Gasteiger partial charge on any atom is -0.375 e. The van der Waals surface area contributed by atoms with E-state index in [9.17, 15) is 4.79 Å². The summed E-state index contributed by atoms with van der Waals surface area (Å²) in [5.74, 6) is 0.734. The molecular weight excluding hydrogens is 467 g/mol. The van der Waals surface area contributed by atoms with Crippen molar-refractivity contribution < 1.29 is 9.53 Å². The summed E-state index contributed by atoms with van der Waals surface area (Å²) in [6, 6.07) is 10.5. The second-order valence-electron chi connectivity index (χ2n) is 7.86. The Labute approximate surface area is 185 Å². The van der Waals surface area contributed by atoms with E-state index in [4.69, 9.17) is 9.73 Å². The van der Waals surface area contributed by atoms with Gasteiger partial charge in [0.05, 0.1) is 18.7 Å². The van der Waals surface area contributed by atoms with Gasteiger partial charge in [0.2, 0.25) is 5.91 Å². The molecule has 2 N–H and O–H groups in total. The molecule has 3 rings (SSSR count). The highest BCUT2D eigenvalue weighted by molar-refractivity contribution is 14.0. The van der Waals surface area contributed by atoms with E-state index in [0.29, 0.717) is 18.5 Å². The molecule has 1 saturated carbocycles. The SMILES string of the molecule is CN(C)C(=O)CNC(=NCc1ccccc1)NC1CCOC2(CCCC2)C1.I. The highest BCUT2D eigenvalue weighted by Gasteiger charge is 2.40. The van der Waals surface area contributed by atoms with E-state index in [1.807, 2.05) is 18.2 Å². The number of likely N-dealkylation sites (N-methyl/N-ethyl adjacent to an activating group) is 1. The molecule has 156 valence electrons. The molecule has 6 nitrogen and oxygen atoms in total. The molecule has 1 aliphatic heterocycles. The molecule has 1 aromatic rings. The van der Waals surface area contributed by atoms with Gasteiger partial charge in [0.1, 0.15) is 0 Å². The predicted molar refractivity (Wildman–Crippen MR) is 123 cm³/mol. The number of ether oxygens (including phenoxy) is 1. The van der Waals surface area contributed by atoms with Gasteiger partial charge in [-0.15, -0.1) is 24.0 Å². The lowest BCUT2D eigenvalue weighted by atomic mass is 9.89. The largest absolute Gasteiger partial charge is 0.375 e. The number of carbonyl (C=O) groups is 1. The zero-order valence-corrected chi connectivity index (χ0v) is 19.3. The number of rotatable bonds is 5. The Morgan fingerprint density at radius 3 is 2.64 bits per heavy atom. The molecule has 1 spiro atoms. The lowest BCUT2D eigenvalue weighted by molar-refractivity contribution is -0.127. The first-order chi connectivity index (χ1) is 13.1. The van der Waals surface area contributed by atoms with Crippen molar-refractivity contribution in [3.05, 3.63) is 35.9 Å². The Morgan fingerprint density at radius 2 is 1.96 bits per heavy atom. The smallest absolute Gasteiger partial charge is 0.241 e. The molecule has 7 heteroatoms. The topological polar surface area (TPSA) is 66.0 Å². The zero-order valence-electron chi connectivity index (χ0n) is 16.9. The molecule has 0 bridgehead atoms. The van der Waals surface area contributed by atoms with Crippen molar-refractivity contribution >= 4 is 35.8 Å². The van der Waals surface area contributed by atoms with Gasteiger partial charge in [-0.25, -0.2) is 4.99 Å². The van der Waals surface area contributed by atoms with Crippen LogP contribution < -0.4 is 10.6 Å². The van der Waals surface area contributed by atoms with E-state index in [2.05, 4.69) is 22.8 Å². The maximum Gasteiger partial charge on any atom is 0.241 e. The fourth-order valence-electron chi connectivity index (χ4n) is 3.94. The van der Waals surface area contributed by atoms with Gasteiger partial charge in [-0.3, -0.25) is 4.79 Å². The molecule has 1 amide bonds. The number of amides is 1. The first kappa shape index (κ1) is 22.9. The minimum absolute atomic E-state index is 0. The summed E-state index contributed by atoms with van der Waals surface area (Å²) < 4.78 is 6.14. The molecule has 2 fully saturated rings. The number of carbonyl (C=O) groups excluding carboxylic acids is 1. The molecule has 2 aliphatic rings. The van der Waals surface area contributed by atoms with Crippen LogP contribution in [0.2, 0.25) is 0 Å². The third-order valence-electron chi connectivity index (χ3n) is 5.52. The monoisotopic (exact) mass is 500 g/mol. The highest BCUT2D eigenvalue weighted by Crippen LogP contribution is 2.39. The van der Waals surface area contributed by atoms with Gasteiger partial charge >= 0.3 is 0 Å². The second-order valence-corrected chi connectivity index (χ2v) is 7.86. The maximum atomic E-state index is 12.0. The van der Waals surface area contributed by atoms with E-state index in [1.165, 1.54) is 12.8 Å². The van der Waals surface area contributed by atoms with E-state index in [0.717, 1.165) is 37.9 Å². The fraction of sp³-hybridized carbons (Fsp3) is 0.619. The van der Waals surface area contributed by atoms with Crippen LogP contribution in [-0.2, 0) is 16.1 Å². The van der Waals surface area contributed by atoms with E-state index < -0.39 is 0 Å². The molecule has 1 aliphatic carbocycles. The van der Waals surface area contributed by atoms with Crippen molar-refractivity contribution in [1.82, 2.24) is 15.5 Å². The normalized spacial score (nSPS) is 21.1. The van der Waals surface area contributed by atoms with Gasteiger partial charge in [-0.1, -0.05) is 43.2 Å². The molecule has 1 atom stereocenters. The molecule has 1 heterocycles. The number of benzene rings is 1. The third kappa shape index (κ3) is 6.62. The third-order valence-corrected chi connectivity index (χ3v) is 5.52. The summed E-state index contributed by atoms with van der Waals surface area (Å²) in [6.45, 7) is 1.61. The first-order valence-corrected chi connectivity index (χ1v) is 9.99. The van der Waals surface area contributed by atoms with Crippen molar-refractivity contribution in [2.45, 2.75) is 56.7 Å². The summed E-state index contributed by atoms with van der Waals surface area (Å²) in [5, 5.41) is 6.76. The van der Waals surface area contributed by atoms with Crippen LogP contribution in [-0.4, -0.2) is 55.7 Å². The van der Waals surface area contributed by atoms with E-state index in [1.54, 1.807) is 19.0 Å². The van der Waals surface area contributed by atoms with Crippen LogP contribution in [0.3, 0.4) is 0 Å². The van der Waals surface area contributed by atoms with Gasteiger partial charge in [0, 0.05) is 26.7 Å². The van der Waals surface area contributed by atoms with E-state index >= 15 is 0 Å². The van der Waals surface area contributed by atoms with Crippen molar-refractivity contribution in [2.24, 2.45) is 4.99 Å². The Morgan fingerprint density at radius 1 is 1.25 bits per heavy atom. The van der Waals surface area contributed by atoms with Crippen molar-refractivity contribution in [3.8, 4) is 0 Å². The van der Waals surface area contributed by atoms with Crippen LogP contribution in [0.15, 0.2) is 35.3 Å². The Bertz CT molecular complexity index is 645. The van der Waals surface area contributed by atoms with Crippen molar-refractivity contribution in [3.63, 3.8) is 0 Å². The summed E-state index contributed by atoms with van der Waals surface area (Å²) in [7, 11) is 3.53. The number of aliphatic imine (C=N–C) groups is 1. The molecule has 1 aromatic carbocycles. The summed E-state index contributed by atoms with van der Waals surface area (Å²) in [4.78, 5) is 18.3. The Balaban J connectivity index is 0.00000280. The molecular formula is C21H33IN4O2. The quantitative estimate of drug-likeness (QED) is 0.371. The van der Waals surface area contributed by atoms with Gasteiger partial charge in [-0.05, 0) is 31.2 Å². The average molecular weight is 500 g/mol.